The Hall–Kier alpha value is -0.650. The van der Waals surface area contributed by atoms with Gasteiger partial charge in [-0.1, -0.05) is 90.4 Å². The lowest BCUT2D eigenvalue weighted by Gasteiger charge is -2.18. The van der Waals surface area contributed by atoms with Crippen molar-refractivity contribution in [3.8, 4) is 0 Å². The minimum absolute atomic E-state index is 0.0973. The molecule has 0 fully saturated rings. The van der Waals surface area contributed by atoms with Crippen LogP contribution in [-0.2, 0) is 9.53 Å². The van der Waals surface area contributed by atoms with Crippen molar-refractivity contribution in [3.05, 3.63) is 0 Å². The van der Waals surface area contributed by atoms with Crippen LogP contribution in [0.5, 0.6) is 0 Å². The Balaban J connectivity index is 3.35. The Labute approximate surface area is 172 Å². The maximum atomic E-state index is 11.3. The number of unbranched alkanes of at least 4 members (excludes halogenated alkanes) is 10. The minimum atomic E-state index is -0.545. The molecule has 0 aliphatic heterocycles. The van der Waals surface area contributed by atoms with Crippen LogP contribution >= 0.6 is 0 Å². The highest BCUT2D eigenvalue weighted by Crippen LogP contribution is 2.21. The van der Waals surface area contributed by atoms with Gasteiger partial charge in [0.2, 0.25) is 0 Å². The molecule has 2 unspecified atom stereocenters. The predicted molar refractivity (Wildman–Crippen MR) is 114 cm³/mol. The summed E-state index contributed by atoms with van der Waals surface area (Å²) in [7, 11) is 0. The fourth-order valence-corrected chi connectivity index (χ4v) is 3.77. The first-order valence-corrected chi connectivity index (χ1v) is 11.7. The summed E-state index contributed by atoms with van der Waals surface area (Å²) in [6.07, 6.45) is 17.6. The van der Waals surface area contributed by atoms with Crippen LogP contribution in [0.25, 0.3) is 0 Å². The highest BCUT2D eigenvalue weighted by molar-refractivity contribution is 5.69. The molecule has 0 rings (SSSR count). The first kappa shape index (κ1) is 27.4. The smallest absolute Gasteiger partial charge is 0.305 e. The minimum Gasteiger partial charge on any atom is -0.463 e. The summed E-state index contributed by atoms with van der Waals surface area (Å²) in [6.45, 7) is 2.09. The van der Waals surface area contributed by atoms with E-state index in [0.717, 1.165) is 32.1 Å². The zero-order valence-corrected chi connectivity index (χ0v) is 18.2. The molecule has 0 spiro atoms. The molecule has 5 heteroatoms. The van der Waals surface area contributed by atoms with Gasteiger partial charge in [-0.05, 0) is 18.8 Å². The molecule has 0 saturated heterocycles. The third kappa shape index (κ3) is 18.7. The highest BCUT2D eigenvalue weighted by atomic mass is 16.5. The van der Waals surface area contributed by atoms with E-state index < -0.39 is 6.10 Å². The van der Waals surface area contributed by atoms with E-state index in [0.29, 0.717) is 12.3 Å². The Morgan fingerprint density at radius 3 is 1.86 bits per heavy atom. The molecule has 0 heterocycles. The number of esters is 1. The molecule has 0 aliphatic rings. The monoisotopic (exact) mass is 402 g/mol. The van der Waals surface area contributed by atoms with Crippen molar-refractivity contribution in [2.24, 2.45) is 5.92 Å². The summed E-state index contributed by atoms with van der Waals surface area (Å²) in [5.74, 6) is 0.364. The summed E-state index contributed by atoms with van der Waals surface area (Å²) in [5.41, 5.74) is 0. The van der Waals surface area contributed by atoms with Gasteiger partial charge in [0.15, 0.2) is 0 Å². The summed E-state index contributed by atoms with van der Waals surface area (Å²) in [6, 6.07) is 0. The third-order valence-electron chi connectivity index (χ3n) is 5.36. The predicted octanol–water partition coefficient (Wildman–Crippen LogP) is 4.75. The maximum absolute atomic E-state index is 11.3. The van der Waals surface area contributed by atoms with Gasteiger partial charge in [-0.3, -0.25) is 4.79 Å². The van der Waals surface area contributed by atoms with Crippen LogP contribution in [0.4, 0.5) is 0 Å². The lowest BCUT2D eigenvalue weighted by atomic mass is 9.91. The number of aliphatic hydroxyl groups excluding tert-OH is 3. The van der Waals surface area contributed by atoms with E-state index in [1.165, 1.54) is 64.2 Å². The molecule has 28 heavy (non-hydrogen) atoms. The van der Waals surface area contributed by atoms with Crippen LogP contribution in [0.15, 0.2) is 0 Å². The molecule has 0 aliphatic carbocycles. The summed E-state index contributed by atoms with van der Waals surface area (Å²) < 4.78 is 4.83. The average molecular weight is 403 g/mol. The molecular weight excluding hydrogens is 356 g/mol. The van der Waals surface area contributed by atoms with Crippen LogP contribution in [0, 0.1) is 5.92 Å². The van der Waals surface area contributed by atoms with E-state index in [-0.39, 0.29) is 25.8 Å². The van der Waals surface area contributed by atoms with Crippen molar-refractivity contribution in [2.75, 3.05) is 19.8 Å². The van der Waals surface area contributed by atoms with Gasteiger partial charge >= 0.3 is 5.97 Å². The number of hydrogen-bond donors (Lipinski definition) is 3. The Morgan fingerprint density at radius 2 is 1.36 bits per heavy atom. The van der Waals surface area contributed by atoms with Gasteiger partial charge in [0, 0.05) is 6.42 Å². The van der Waals surface area contributed by atoms with E-state index in [9.17, 15) is 9.90 Å². The average Bonchev–Trinajstić information content (AvgIpc) is 2.69. The van der Waals surface area contributed by atoms with Gasteiger partial charge in [-0.25, -0.2) is 0 Å². The van der Waals surface area contributed by atoms with Gasteiger partial charge in [0.05, 0.1) is 19.3 Å². The Morgan fingerprint density at radius 1 is 0.821 bits per heavy atom. The van der Waals surface area contributed by atoms with Crippen LogP contribution in [-0.4, -0.2) is 47.2 Å². The largest absolute Gasteiger partial charge is 0.463 e. The first-order chi connectivity index (χ1) is 13.6. The fourth-order valence-electron chi connectivity index (χ4n) is 3.77. The van der Waals surface area contributed by atoms with E-state index in [1.54, 1.807) is 0 Å². The van der Waals surface area contributed by atoms with Crippen LogP contribution in [0.2, 0.25) is 0 Å². The molecule has 0 amide bonds. The molecule has 0 aromatic heterocycles. The Bertz CT molecular complexity index is 335. The Kier molecular flexibility index (Phi) is 20.6. The number of carbonyl (C=O) groups excluding carboxylic acids is 1. The van der Waals surface area contributed by atoms with Crippen molar-refractivity contribution in [1.82, 2.24) is 0 Å². The standard InChI is InChI=1S/C23H46O5/c1-2-14-21(19-22(26)20-25)15-12-10-8-6-4-3-5-7-9-11-13-16-23(27)28-18-17-24/h21-22,24-26H,2-20H2,1H3. The van der Waals surface area contributed by atoms with E-state index in [2.05, 4.69) is 6.92 Å². The topological polar surface area (TPSA) is 87.0 Å². The molecule has 5 nitrogen and oxygen atoms in total. The van der Waals surface area contributed by atoms with E-state index >= 15 is 0 Å². The van der Waals surface area contributed by atoms with Crippen LogP contribution in [0.1, 0.15) is 110 Å². The molecule has 0 saturated carbocycles. The van der Waals surface area contributed by atoms with Crippen molar-refractivity contribution >= 4 is 5.97 Å². The zero-order valence-electron chi connectivity index (χ0n) is 18.2. The van der Waals surface area contributed by atoms with Crippen LogP contribution < -0.4 is 0 Å². The van der Waals surface area contributed by atoms with Crippen LogP contribution in [0.3, 0.4) is 0 Å². The van der Waals surface area contributed by atoms with Gasteiger partial charge in [0.25, 0.3) is 0 Å². The number of rotatable bonds is 21. The molecule has 2 atom stereocenters. The molecule has 0 aromatic carbocycles. The molecule has 0 radical (unpaired) electrons. The van der Waals surface area contributed by atoms with Gasteiger partial charge in [-0.15, -0.1) is 0 Å². The first-order valence-electron chi connectivity index (χ1n) is 11.7. The second-order valence-electron chi connectivity index (χ2n) is 8.10. The van der Waals surface area contributed by atoms with Gasteiger partial charge < -0.3 is 20.1 Å². The number of carbonyl (C=O) groups is 1. The normalized spacial score (nSPS) is 13.4. The fraction of sp³-hybridized carbons (Fsp3) is 0.957. The third-order valence-corrected chi connectivity index (χ3v) is 5.36. The second-order valence-corrected chi connectivity index (χ2v) is 8.10. The lowest BCUT2D eigenvalue weighted by molar-refractivity contribution is -0.144. The quantitative estimate of drug-likeness (QED) is 0.190. The van der Waals surface area contributed by atoms with Gasteiger partial charge in [-0.2, -0.15) is 0 Å². The summed E-state index contributed by atoms with van der Waals surface area (Å²) >= 11 is 0. The lowest BCUT2D eigenvalue weighted by Crippen LogP contribution is -2.17. The highest BCUT2D eigenvalue weighted by Gasteiger charge is 2.12. The maximum Gasteiger partial charge on any atom is 0.305 e. The number of hydrogen-bond acceptors (Lipinski definition) is 5. The SMILES string of the molecule is CCCC(CCCCCCCCCCCCCC(=O)OCCO)CC(O)CO. The van der Waals surface area contributed by atoms with E-state index in [1.807, 2.05) is 0 Å². The second kappa shape index (κ2) is 21.1. The molecular formula is C23H46O5. The molecule has 3 N–H and O–H groups in total. The number of ether oxygens (including phenoxy) is 1. The van der Waals surface area contributed by atoms with Crippen molar-refractivity contribution < 1.29 is 24.9 Å². The summed E-state index contributed by atoms with van der Waals surface area (Å²) in [5, 5.41) is 27.2. The van der Waals surface area contributed by atoms with Gasteiger partial charge in [0.1, 0.15) is 6.61 Å². The molecule has 0 aromatic rings. The number of aliphatic hydroxyl groups is 3. The zero-order chi connectivity index (χ0) is 20.9. The van der Waals surface area contributed by atoms with Crippen molar-refractivity contribution in [1.29, 1.82) is 0 Å². The summed E-state index contributed by atoms with van der Waals surface area (Å²) in [4.78, 5) is 11.3. The molecule has 0 bridgehead atoms. The molecule has 168 valence electrons. The van der Waals surface area contributed by atoms with Crippen molar-refractivity contribution in [2.45, 2.75) is 116 Å². The van der Waals surface area contributed by atoms with Crippen molar-refractivity contribution in [3.63, 3.8) is 0 Å². The van der Waals surface area contributed by atoms with E-state index in [4.69, 9.17) is 14.9 Å².